The van der Waals surface area contributed by atoms with Gasteiger partial charge >= 0.3 is 0 Å². The molecule has 0 aromatic heterocycles. The van der Waals surface area contributed by atoms with Crippen molar-refractivity contribution in [2.75, 3.05) is 40.3 Å². The number of hydrogen-bond acceptors (Lipinski definition) is 5. The molecular weight excluding hydrogens is 318 g/mol. The van der Waals surface area contributed by atoms with E-state index in [1.54, 1.807) is 24.4 Å². The van der Waals surface area contributed by atoms with Crippen molar-refractivity contribution >= 4 is 16.0 Å². The summed E-state index contributed by atoms with van der Waals surface area (Å²) in [5.41, 5.74) is 0.248. The van der Waals surface area contributed by atoms with Gasteiger partial charge in [-0.1, -0.05) is 12.1 Å². The van der Waals surface area contributed by atoms with Crippen LogP contribution in [0.3, 0.4) is 0 Å². The third-order valence-electron chi connectivity index (χ3n) is 3.67. The molecule has 2 rings (SSSR count). The lowest BCUT2D eigenvalue weighted by Crippen LogP contribution is -2.50. The number of hydrogen-bond donors (Lipinski definition) is 1. The Balaban J connectivity index is 1.94. The van der Waals surface area contributed by atoms with E-state index >= 15 is 0 Å². The molecule has 1 fully saturated rings. The SMILES string of the molecule is CN(C)S(=O)(=O)N1CCN(/C=C/C(=O)c2ccccc2O)CC1. The molecule has 7 nitrogen and oxygen atoms in total. The number of aromatic hydroxyl groups is 1. The van der Waals surface area contributed by atoms with Gasteiger partial charge in [-0.15, -0.1) is 0 Å². The van der Waals surface area contributed by atoms with Gasteiger partial charge in [0, 0.05) is 52.6 Å². The fourth-order valence-corrected chi connectivity index (χ4v) is 3.35. The summed E-state index contributed by atoms with van der Waals surface area (Å²) in [6.07, 6.45) is 3.04. The van der Waals surface area contributed by atoms with Crippen molar-refractivity contribution in [1.29, 1.82) is 0 Å². The second kappa shape index (κ2) is 7.12. The van der Waals surface area contributed by atoms with E-state index in [0.29, 0.717) is 26.2 Å². The van der Waals surface area contributed by atoms with Gasteiger partial charge in [0.2, 0.25) is 0 Å². The number of benzene rings is 1. The fraction of sp³-hybridized carbons (Fsp3) is 0.400. The van der Waals surface area contributed by atoms with E-state index in [1.807, 2.05) is 4.90 Å². The number of allylic oxidation sites excluding steroid dienone is 1. The highest BCUT2D eigenvalue weighted by molar-refractivity contribution is 7.86. The minimum atomic E-state index is -3.39. The Bertz CT molecular complexity index is 692. The molecule has 1 N–H and O–H groups in total. The van der Waals surface area contributed by atoms with E-state index in [0.717, 1.165) is 0 Å². The molecule has 23 heavy (non-hydrogen) atoms. The predicted octanol–water partition coefficient (Wildman–Crippen LogP) is 0.513. The van der Waals surface area contributed by atoms with E-state index in [4.69, 9.17) is 0 Å². The molecule has 1 heterocycles. The zero-order valence-corrected chi connectivity index (χ0v) is 14.0. The summed E-state index contributed by atoms with van der Waals surface area (Å²) in [4.78, 5) is 13.9. The second-order valence-corrected chi connectivity index (χ2v) is 7.56. The lowest BCUT2D eigenvalue weighted by atomic mass is 10.1. The smallest absolute Gasteiger partial charge is 0.281 e. The van der Waals surface area contributed by atoms with Gasteiger partial charge in [0.05, 0.1) is 5.56 Å². The summed E-state index contributed by atoms with van der Waals surface area (Å²) >= 11 is 0. The van der Waals surface area contributed by atoms with Crippen LogP contribution in [-0.2, 0) is 10.2 Å². The zero-order valence-electron chi connectivity index (χ0n) is 13.2. The second-order valence-electron chi connectivity index (χ2n) is 5.42. The Hall–Kier alpha value is -1.90. The number of phenols is 1. The molecule has 0 atom stereocenters. The van der Waals surface area contributed by atoms with Crippen LogP contribution < -0.4 is 0 Å². The number of nitrogens with zero attached hydrogens (tertiary/aromatic N) is 3. The number of carbonyl (C=O) groups is 1. The van der Waals surface area contributed by atoms with Crippen molar-refractivity contribution in [2.45, 2.75) is 0 Å². The largest absolute Gasteiger partial charge is 0.507 e. The van der Waals surface area contributed by atoms with Crippen LogP contribution >= 0.6 is 0 Å². The molecule has 1 saturated heterocycles. The Kier molecular flexibility index (Phi) is 5.40. The monoisotopic (exact) mass is 339 g/mol. The quantitative estimate of drug-likeness (QED) is 0.624. The maximum atomic E-state index is 12.0. The van der Waals surface area contributed by atoms with Gasteiger partial charge in [0.15, 0.2) is 5.78 Å². The number of para-hydroxylation sites is 1. The highest BCUT2D eigenvalue weighted by atomic mass is 32.2. The van der Waals surface area contributed by atoms with Crippen molar-refractivity contribution in [1.82, 2.24) is 13.5 Å². The first-order chi connectivity index (χ1) is 10.8. The van der Waals surface area contributed by atoms with E-state index in [2.05, 4.69) is 0 Å². The van der Waals surface area contributed by atoms with Crippen molar-refractivity contribution in [3.63, 3.8) is 0 Å². The van der Waals surface area contributed by atoms with Crippen LogP contribution in [0.5, 0.6) is 5.75 Å². The van der Waals surface area contributed by atoms with E-state index in [9.17, 15) is 18.3 Å². The Morgan fingerprint density at radius 1 is 1.17 bits per heavy atom. The normalized spacial score (nSPS) is 17.1. The third-order valence-corrected chi connectivity index (χ3v) is 5.61. The zero-order chi connectivity index (χ0) is 17.0. The lowest BCUT2D eigenvalue weighted by Gasteiger charge is -2.34. The maximum Gasteiger partial charge on any atom is 0.281 e. The average molecular weight is 339 g/mol. The molecule has 1 aromatic rings. The molecular formula is C15H21N3O4S. The van der Waals surface area contributed by atoms with Gasteiger partial charge in [0.1, 0.15) is 5.75 Å². The molecule has 0 aliphatic carbocycles. The summed E-state index contributed by atoms with van der Waals surface area (Å²) in [6, 6.07) is 6.36. The molecule has 1 aromatic carbocycles. The minimum Gasteiger partial charge on any atom is -0.507 e. The molecule has 0 radical (unpaired) electrons. The van der Waals surface area contributed by atoms with Crippen LogP contribution in [0, 0.1) is 0 Å². The fourth-order valence-electron chi connectivity index (χ4n) is 2.26. The lowest BCUT2D eigenvalue weighted by molar-refractivity contribution is 0.104. The molecule has 1 aliphatic heterocycles. The Morgan fingerprint density at radius 2 is 1.78 bits per heavy atom. The summed E-state index contributed by atoms with van der Waals surface area (Å²) in [6.45, 7) is 1.76. The average Bonchev–Trinajstić information content (AvgIpc) is 2.53. The first kappa shape index (κ1) is 17.5. The highest BCUT2D eigenvalue weighted by Gasteiger charge is 2.27. The summed E-state index contributed by atoms with van der Waals surface area (Å²) in [5.74, 6) is -0.338. The molecule has 0 amide bonds. The van der Waals surface area contributed by atoms with E-state index in [1.165, 1.54) is 34.8 Å². The number of rotatable bonds is 5. The van der Waals surface area contributed by atoms with Gasteiger partial charge in [-0.3, -0.25) is 4.79 Å². The standard InChI is InChI=1S/C15H21N3O4S/c1-16(2)23(21,22)18-11-9-17(10-12-18)8-7-15(20)13-5-3-4-6-14(13)19/h3-8,19H,9-12H2,1-2H3/b8-7+. The first-order valence-electron chi connectivity index (χ1n) is 7.24. The maximum absolute atomic E-state index is 12.0. The topological polar surface area (TPSA) is 81.2 Å². The van der Waals surface area contributed by atoms with Crippen molar-refractivity contribution in [3.05, 3.63) is 42.1 Å². The van der Waals surface area contributed by atoms with Gasteiger partial charge in [-0.2, -0.15) is 17.0 Å². The Labute approximate surface area is 136 Å². The number of carbonyl (C=O) groups excluding carboxylic acids is 1. The number of piperazine rings is 1. The van der Waals surface area contributed by atoms with Crippen LogP contribution in [0.15, 0.2) is 36.5 Å². The van der Waals surface area contributed by atoms with Crippen molar-refractivity contribution in [3.8, 4) is 5.75 Å². The van der Waals surface area contributed by atoms with E-state index in [-0.39, 0.29) is 17.1 Å². The molecule has 126 valence electrons. The van der Waals surface area contributed by atoms with Crippen LogP contribution in [-0.4, -0.2) is 73.1 Å². The molecule has 1 aliphatic rings. The highest BCUT2D eigenvalue weighted by Crippen LogP contribution is 2.17. The summed E-state index contributed by atoms with van der Waals surface area (Å²) in [5, 5.41) is 9.65. The molecule has 0 spiro atoms. The third kappa shape index (κ3) is 4.10. The Morgan fingerprint density at radius 3 is 2.35 bits per heavy atom. The molecule has 0 bridgehead atoms. The summed E-state index contributed by atoms with van der Waals surface area (Å²) < 4.78 is 26.6. The van der Waals surface area contributed by atoms with Crippen LogP contribution in [0.4, 0.5) is 0 Å². The van der Waals surface area contributed by atoms with Gasteiger partial charge < -0.3 is 10.0 Å². The summed E-state index contributed by atoms with van der Waals surface area (Å²) in [7, 11) is -0.374. The van der Waals surface area contributed by atoms with Gasteiger partial charge in [-0.05, 0) is 12.1 Å². The van der Waals surface area contributed by atoms with Gasteiger partial charge in [0.25, 0.3) is 10.2 Å². The van der Waals surface area contributed by atoms with Crippen molar-refractivity contribution < 1.29 is 18.3 Å². The van der Waals surface area contributed by atoms with Gasteiger partial charge in [-0.25, -0.2) is 0 Å². The molecule has 8 heteroatoms. The number of ketones is 1. The van der Waals surface area contributed by atoms with Crippen LogP contribution in [0.1, 0.15) is 10.4 Å². The van der Waals surface area contributed by atoms with Crippen LogP contribution in [0.2, 0.25) is 0 Å². The molecule has 0 saturated carbocycles. The number of phenolic OH excluding ortho intramolecular Hbond substituents is 1. The van der Waals surface area contributed by atoms with Crippen LogP contribution in [0.25, 0.3) is 0 Å². The predicted molar refractivity (Wildman–Crippen MR) is 87.3 cm³/mol. The van der Waals surface area contributed by atoms with Crippen molar-refractivity contribution in [2.24, 2.45) is 0 Å². The first-order valence-corrected chi connectivity index (χ1v) is 8.64. The minimum absolute atomic E-state index is 0.0518. The van der Waals surface area contributed by atoms with E-state index < -0.39 is 10.2 Å². The molecule has 0 unspecified atom stereocenters.